The van der Waals surface area contributed by atoms with Crippen molar-refractivity contribution in [2.24, 2.45) is 0 Å². The predicted molar refractivity (Wildman–Crippen MR) is 65.6 cm³/mol. The van der Waals surface area contributed by atoms with E-state index in [1.54, 1.807) is 0 Å². The highest BCUT2D eigenvalue weighted by molar-refractivity contribution is 6.08. The lowest BCUT2D eigenvalue weighted by molar-refractivity contribution is 0.102. The molecule has 1 N–H and O–H groups in total. The third kappa shape index (κ3) is 1.56. The van der Waals surface area contributed by atoms with Gasteiger partial charge in [0.2, 0.25) is 0 Å². The van der Waals surface area contributed by atoms with Crippen molar-refractivity contribution in [3.63, 3.8) is 0 Å². The van der Waals surface area contributed by atoms with Crippen LogP contribution in [-0.2, 0) is 0 Å². The van der Waals surface area contributed by atoms with E-state index >= 15 is 0 Å². The molecule has 0 saturated carbocycles. The maximum absolute atomic E-state index is 12.1. The molecule has 1 aliphatic heterocycles. The van der Waals surface area contributed by atoms with Gasteiger partial charge in [0.15, 0.2) is 5.75 Å². The SMILES string of the molecule is Cc1cccc2c1C(=O)Nc1ccccc1O2. The fourth-order valence-electron chi connectivity index (χ4n) is 1.98. The molecule has 0 spiro atoms. The normalized spacial score (nSPS) is 12.9. The lowest BCUT2D eigenvalue weighted by Crippen LogP contribution is -2.11. The van der Waals surface area contributed by atoms with Gasteiger partial charge in [0.1, 0.15) is 5.75 Å². The van der Waals surface area contributed by atoms with Crippen LogP contribution in [0.15, 0.2) is 42.5 Å². The molecule has 0 atom stereocenters. The van der Waals surface area contributed by atoms with Crippen molar-refractivity contribution >= 4 is 11.6 Å². The maximum atomic E-state index is 12.1. The second-order valence-corrected chi connectivity index (χ2v) is 4.00. The Labute approximate surface area is 99.0 Å². The predicted octanol–water partition coefficient (Wildman–Crippen LogP) is 3.35. The van der Waals surface area contributed by atoms with Crippen molar-refractivity contribution in [2.45, 2.75) is 6.92 Å². The Bertz CT molecular complexity index is 605. The van der Waals surface area contributed by atoms with E-state index in [2.05, 4.69) is 5.32 Å². The first-order valence-corrected chi connectivity index (χ1v) is 5.43. The van der Waals surface area contributed by atoms with E-state index in [1.165, 1.54) is 0 Å². The molecule has 1 heterocycles. The standard InChI is InChI=1S/C14H11NO2/c1-9-5-4-8-12-13(9)14(16)15-10-6-2-3-7-11(10)17-12/h2-8H,1H3,(H,15,16). The minimum atomic E-state index is -0.122. The van der Waals surface area contributed by atoms with Crippen LogP contribution in [0.4, 0.5) is 5.69 Å². The molecule has 0 radical (unpaired) electrons. The van der Waals surface area contributed by atoms with Crippen LogP contribution in [0.1, 0.15) is 15.9 Å². The molecule has 0 unspecified atom stereocenters. The van der Waals surface area contributed by atoms with E-state index in [1.807, 2.05) is 49.4 Å². The molecule has 0 aromatic heterocycles. The zero-order valence-corrected chi connectivity index (χ0v) is 9.36. The van der Waals surface area contributed by atoms with Gasteiger partial charge in [-0.25, -0.2) is 0 Å². The number of anilines is 1. The summed E-state index contributed by atoms with van der Waals surface area (Å²) < 4.78 is 5.77. The molecular formula is C14H11NO2. The summed E-state index contributed by atoms with van der Waals surface area (Å²) in [5, 5.41) is 2.86. The Morgan fingerprint density at radius 1 is 1.00 bits per heavy atom. The Balaban J connectivity index is 2.21. The fraction of sp³-hybridized carbons (Fsp3) is 0.0714. The van der Waals surface area contributed by atoms with E-state index in [-0.39, 0.29) is 5.91 Å². The molecule has 0 saturated heterocycles. The van der Waals surface area contributed by atoms with Crippen molar-refractivity contribution in [1.82, 2.24) is 0 Å². The zero-order valence-electron chi connectivity index (χ0n) is 9.36. The largest absolute Gasteiger partial charge is 0.454 e. The lowest BCUT2D eigenvalue weighted by atomic mass is 10.1. The molecule has 2 aromatic carbocycles. The third-order valence-electron chi connectivity index (χ3n) is 2.82. The highest BCUT2D eigenvalue weighted by Gasteiger charge is 2.21. The molecule has 3 nitrogen and oxygen atoms in total. The Morgan fingerprint density at radius 2 is 1.76 bits per heavy atom. The minimum absolute atomic E-state index is 0.122. The van der Waals surface area contributed by atoms with Gasteiger partial charge in [0.05, 0.1) is 11.3 Å². The number of carbonyl (C=O) groups excluding carboxylic acids is 1. The molecule has 0 fully saturated rings. The average Bonchev–Trinajstić information content (AvgIpc) is 2.45. The van der Waals surface area contributed by atoms with Crippen molar-refractivity contribution in [1.29, 1.82) is 0 Å². The molecule has 17 heavy (non-hydrogen) atoms. The van der Waals surface area contributed by atoms with E-state index in [0.717, 1.165) is 5.56 Å². The van der Waals surface area contributed by atoms with Gasteiger partial charge in [0.25, 0.3) is 5.91 Å². The molecule has 0 aliphatic carbocycles. The topological polar surface area (TPSA) is 38.3 Å². The first-order chi connectivity index (χ1) is 8.25. The van der Waals surface area contributed by atoms with Crippen molar-refractivity contribution in [3.8, 4) is 11.5 Å². The third-order valence-corrected chi connectivity index (χ3v) is 2.82. The quantitative estimate of drug-likeness (QED) is 0.746. The zero-order chi connectivity index (χ0) is 11.8. The van der Waals surface area contributed by atoms with Crippen LogP contribution < -0.4 is 10.1 Å². The highest BCUT2D eigenvalue weighted by Crippen LogP contribution is 2.36. The number of fused-ring (bicyclic) bond motifs is 2. The summed E-state index contributed by atoms with van der Waals surface area (Å²) in [6.45, 7) is 1.90. The van der Waals surface area contributed by atoms with Gasteiger partial charge < -0.3 is 10.1 Å². The van der Waals surface area contributed by atoms with Crippen LogP contribution >= 0.6 is 0 Å². The molecule has 1 aliphatic rings. The molecule has 1 amide bonds. The first-order valence-electron chi connectivity index (χ1n) is 5.43. The number of hydrogen-bond donors (Lipinski definition) is 1. The summed E-state index contributed by atoms with van der Waals surface area (Å²) >= 11 is 0. The van der Waals surface area contributed by atoms with Gasteiger partial charge in [-0.15, -0.1) is 0 Å². The minimum Gasteiger partial charge on any atom is -0.454 e. The van der Waals surface area contributed by atoms with Crippen molar-refractivity contribution in [2.75, 3.05) is 5.32 Å². The maximum Gasteiger partial charge on any atom is 0.259 e. The van der Waals surface area contributed by atoms with Crippen LogP contribution in [0, 0.1) is 6.92 Å². The number of nitrogens with one attached hydrogen (secondary N) is 1. The summed E-state index contributed by atoms with van der Waals surface area (Å²) in [5.41, 5.74) is 2.21. The van der Waals surface area contributed by atoms with Crippen molar-refractivity contribution in [3.05, 3.63) is 53.6 Å². The lowest BCUT2D eigenvalue weighted by Gasteiger charge is -2.07. The molecule has 3 rings (SSSR count). The number of ether oxygens (including phenoxy) is 1. The van der Waals surface area contributed by atoms with E-state index in [9.17, 15) is 4.79 Å². The second kappa shape index (κ2) is 3.63. The second-order valence-electron chi connectivity index (χ2n) is 4.00. The van der Waals surface area contributed by atoms with E-state index < -0.39 is 0 Å². The van der Waals surface area contributed by atoms with Gasteiger partial charge >= 0.3 is 0 Å². The number of hydrogen-bond acceptors (Lipinski definition) is 2. The number of aryl methyl sites for hydroxylation is 1. The molecule has 3 heteroatoms. The van der Waals surface area contributed by atoms with E-state index in [0.29, 0.717) is 22.7 Å². The highest BCUT2D eigenvalue weighted by atomic mass is 16.5. The van der Waals surface area contributed by atoms with Crippen molar-refractivity contribution < 1.29 is 9.53 Å². The van der Waals surface area contributed by atoms with Crippen LogP contribution in [0.5, 0.6) is 11.5 Å². The van der Waals surface area contributed by atoms with E-state index in [4.69, 9.17) is 4.74 Å². The van der Waals surface area contributed by atoms with Crippen LogP contribution in [0.2, 0.25) is 0 Å². The summed E-state index contributed by atoms with van der Waals surface area (Å²) in [5.74, 6) is 1.15. The summed E-state index contributed by atoms with van der Waals surface area (Å²) in [6, 6.07) is 13.0. The van der Waals surface area contributed by atoms with Gasteiger partial charge in [-0.1, -0.05) is 24.3 Å². The summed E-state index contributed by atoms with van der Waals surface area (Å²) in [7, 11) is 0. The Kier molecular flexibility index (Phi) is 2.11. The number of benzene rings is 2. The molecule has 84 valence electrons. The fourth-order valence-corrected chi connectivity index (χ4v) is 1.98. The van der Waals surface area contributed by atoms with Gasteiger partial charge in [-0.05, 0) is 30.7 Å². The average molecular weight is 225 g/mol. The van der Waals surface area contributed by atoms with Crippen LogP contribution in [-0.4, -0.2) is 5.91 Å². The Hall–Kier alpha value is -2.29. The number of rotatable bonds is 0. The van der Waals surface area contributed by atoms with Gasteiger partial charge in [-0.3, -0.25) is 4.79 Å². The molecular weight excluding hydrogens is 214 g/mol. The van der Waals surface area contributed by atoms with Gasteiger partial charge in [0, 0.05) is 0 Å². The number of amides is 1. The summed E-state index contributed by atoms with van der Waals surface area (Å²) in [4.78, 5) is 12.1. The Morgan fingerprint density at radius 3 is 2.65 bits per heavy atom. The number of carbonyl (C=O) groups is 1. The monoisotopic (exact) mass is 225 g/mol. The smallest absolute Gasteiger partial charge is 0.259 e. The van der Waals surface area contributed by atoms with Crippen LogP contribution in [0.3, 0.4) is 0 Å². The first kappa shape index (κ1) is 9.90. The molecule has 2 aromatic rings. The van der Waals surface area contributed by atoms with Gasteiger partial charge in [-0.2, -0.15) is 0 Å². The number of para-hydroxylation sites is 2. The summed E-state index contributed by atoms with van der Waals surface area (Å²) in [6.07, 6.45) is 0. The molecule has 0 bridgehead atoms. The van der Waals surface area contributed by atoms with Crippen LogP contribution in [0.25, 0.3) is 0 Å².